The van der Waals surface area contributed by atoms with E-state index in [1.807, 2.05) is 12.1 Å². The van der Waals surface area contributed by atoms with Gasteiger partial charge in [-0.2, -0.15) is 0 Å². The van der Waals surface area contributed by atoms with Crippen LogP contribution in [0, 0.1) is 0 Å². The molecule has 0 aromatic heterocycles. The number of methoxy groups -OCH3 is 2. The molecule has 1 saturated heterocycles. The second-order valence-electron chi connectivity index (χ2n) is 6.75. The molecule has 0 saturated carbocycles. The predicted molar refractivity (Wildman–Crippen MR) is 97.5 cm³/mol. The standard InChI is InChI=1S/C19H25N3O5/c1-13(23)20-6-8-21(9-7-20)18(24)19(25)22-5-4-14-10-16(26-2)17(27-3)11-15(14)12-22/h10-11H,4-9,12H2,1-3H3. The maximum Gasteiger partial charge on any atom is 0.312 e. The van der Waals surface area contributed by atoms with Crippen LogP contribution in [-0.2, 0) is 27.3 Å². The molecule has 3 amide bonds. The van der Waals surface area contributed by atoms with E-state index in [9.17, 15) is 14.4 Å². The van der Waals surface area contributed by atoms with Crippen LogP contribution >= 0.6 is 0 Å². The topological polar surface area (TPSA) is 79.4 Å². The van der Waals surface area contributed by atoms with Crippen molar-refractivity contribution in [1.29, 1.82) is 0 Å². The molecule has 0 spiro atoms. The highest BCUT2D eigenvalue weighted by atomic mass is 16.5. The molecule has 2 aliphatic rings. The van der Waals surface area contributed by atoms with Crippen LogP contribution in [0.15, 0.2) is 12.1 Å². The molecule has 1 aromatic rings. The Balaban J connectivity index is 1.67. The zero-order chi connectivity index (χ0) is 19.6. The molecule has 1 aromatic carbocycles. The van der Waals surface area contributed by atoms with Crippen molar-refractivity contribution in [2.24, 2.45) is 0 Å². The van der Waals surface area contributed by atoms with E-state index in [-0.39, 0.29) is 5.91 Å². The fourth-order valence-electron chi connectivity index (χ4n) is 3.55. The number of fused-ring (bicyclic) bond motifs is 1. The summed E-state index contributed by atoms with van der Waals surface area (Å²) in [7, 11) is 3.16. The van der Waals surface area contributed by atoms with E-state index in [0.717, 1.165) is 11.1 Å². The summed E-state index contributed by atoms with van der Waals surface area (Å²) >= 11 is 0. The van der Waals surface area contributed by atoms with Crippen molar-refractivity contribution >= 4 is 17.7 Å². The molecule has 8 nitrogen and oxygen atoms in total. The van der Waals surface area contributed by atoms with Gasteiger partial charge in [0.15, 0.2) is 11.5 Å². The predicted octanol–water partition coefficient (Wildman–Crippen LogP) is 0.279. The zero-order valence-corrected chi connectivity index (χ0v) is 16.0. The summed E-state index contributed by atoms with van der Waals surface area (Å²) in [6.45, 7) is 4.08. The van der Waals surface area contributed by atoms with Crippen LogP contribution in [0.1, 0.15) is 18.1 Å². The van der Waals surface area contributed by atoms with E-state index in [1.54, 1.807) is 24.0 Å². The molecule has 2 aliphatic heterocycles. The first-order chi connectivity index (χ1) is 12.9. The third kappa shape index (κ3) is 3.84. The summed E-state index contributed by atoms with van der Waals surface area (Å²) in [5, 5.41) is 0. The maximum absolute atomic E-state index is 12.7. The van der Waals surface area contributed by atoms with Crippen molar-refractivity contribution in [1.82, 2.24) is 14.7 Å². The number of hydrogen-bond donors (Lipinski definition) is 0. The molecular formula is C19H25N3O5. The van der Waals surface area contributed by atoms with Crippen molar-refractivity contribution in [3.05, 3.63) is 23.3 Å². The lowest BCUT2D eigenvalue weighted by Crippen LogP contribution is -2.54. The number of carbonyl (C=O) groups is 3. The van der Waals surface area contributed by atoms with Crippen LogP contribution < -0.4 is 9.47 Å². The third-order valence-electron chi connectivity index (χ3n) is 5.20. The molecule has 0 bridgehead atoms. The first kappa shape index (κ1) is 19.0. The van der Waals surface area contributed by atoms with Gasteiger partial charge in [-0.3, -0.25) is 14.4 Å². The van der Waals surface area contributed by atoms with Gasteiger partial charge in [0.05, 0.1) is 14.2 Å². The summed E-state index contributed by atoms with van der Waals surface area (Å²) in [4.78, 5) is 41.5. The lowest BCUT2D eigenvalue weighted by Gasteiger charge is -2.35. The zero-order valence-electron chi connectivity index (χ0n) is 16.0. The van der Waals surface area contributed by atoms with Gasteiger partial charge >= 0.3 is 11.8 Å². The van der Waals surface area contributed by atoms with Crippen LogP contribution in [0.3, 0.4) is 0 Å². The van der Waals surface area contributed by atoms with Crippen LogP contribution in [0.5, 0.6) is 11.5 Å². The second-order valence-corrected chi connectivity index (χ2v) is 6.75. The molecule has 1 fully saturated rings. The highest BCUT2D eigenvalue weighted by molar-refractivity contribution is 6.34. The number of ether oxygens (including phenoxy) is 2. The third-order valence-corrected chi connectivity index (χ3v) is 5.20. The average molecular weight is 375 g/mol. The van der Waals surface area contributed by atoms with Gasteiger partial charge in [-0.15, -0.1) is 0 Å². The van der Waals surface area contributed by atoms with Gasteiger partial charge in [-0.1, -0.05) is 0 Å². The van der Waals surface area contributed by atoms with Gasteiger partial charge in [0.25, 0.3) is 0 Å². The summed E-state index contributed by atoms with van der Waals surface area (Å²) in [5.41, 5.74) is 2.06. The minimum atomic E-state index is -0.498. The molecule has 3 rings (SSSR count). The molecule has 0 N–H and O–H groups in total. The fourth-order valence-corrected chi connectivity index (χ4v) is 3.55. The number of benzene rings is 1. The van der Waals surface area contributed by atoms with Crippen molar-refractivity contribution < 1.29 is 23.9 Å². The minimum Gasteiger partial charge on any atom is -0.493 e. The van der Waals surface area contributed by atoms with Gasteiger partial charge < -0.3 is 24.2 Å². The Hall–Kier alpha value is -2.77. The van der Waals surface area contributed by atoms with Gasteiger partial charge in [0.1, 0.15) is 0 Å². The lowest BCUT2D eigenvalue weighted by atomic mass is 9.98. The molecule has 0 aliphatic carbocycles. The van der Waals surface area contributed by atoms with Crippen LogP contribution in [0.4, 0.5) is 0 Å². The Morgan fingerprint density at radius 2 is 1.30 bits per heavy atom. The van der Waals surface area contributed by atoms with Crippen LogP contribution in [0.2, 0.25) is 0 Å². The van der Waals surface area contributed by atoms with E-state index in [4.69, 9.17) is 9.47 Å². The van der Waals surface area contributed by atoms with Crippen molar-refractivity contribution in [3.63, 3.8) is 0 Å². The number of hydrogen-bond acceptors (Lipinski definition) is 5. The monoisotopic (exact) mass is 375 g/mol. The van der Waals surface area contributed by atoms with E-state index < -0.39 is 11.8 Å². The maximum atomic E-state index is 12.7. The molecule has 0 atom stereocenters. The fraction of sp³-hybridized carbons (Fsp3) is 0.526. The Labute approximate surface area is 158 Å². The lowest BCUT2D eigenvalue weighted by molar-refractivity contribution is -0.154. The quantitative estimate of drug-likeness (QED) is 0.694. The van der Waals surface area contributed by atoms with E-state index >= 15 is 0 Å². The summed E-state index contributed by atoms with van der Waals surface area (Å²) in [5.74, 6) is 0.270. The molecular weight excluding hydrogens is 350 g/mol. The smallest absolute Gasteiger partial charge is 0.312 e. The summed E-state index contributed by atoms with van der Waals surface area (Å²) in [6.07, 6.45) is 0.660. The highest BCUT2D eigenvalue weighted by Gasteiger charge is 2.32. The summed E-state index contributed by atoms with van der Waals surface area (Å²) < 4.78 is 10.7. The van der Waals surface area contributed by atoms with Gasteiger partial charge in [-0.05, 0) is 29.7 Å². The van der Waals surface area contributed by atoms with Crippen molar-refractivity contribution in [2.45, 2.75) is 19.9 Å². The second kappa shape index (κ2) is 7.85. The molecule has 146 valence electrons. The van der Waals surface area contributed by atoms with Crippen molar-refractivity contribution in [2.75, 3.05) is 46.9 Å². The van der Waals surface area contributed by atoms with E-state index in [0.29, 0.717) is 57.2 Å². The Bertz CT molecular complexity index is 756. The number of carbonyl (C=O) groups excluding carboxylic acids is 3. The molecule has 2 heterocycles. The number of amides is 3. The molecule has 27 heavy (non-hydrogen) atoms. The average Bonchev–Trinajstić information content (AvgIpc) is 2.71. The van der Waals surface area contributed by atoms with Gasteiger partial charge in [0.2, 0.25) is 5.91 Å². The Morgan fingerprint density at radius 1 is 0.778 bits per heavy atom. The SMILES string of the molecule is COc1cc2c(cc1OC)CN(C(=O)C(=O)N1CCN(C(C)=O)CC1)CC2. The number of piperazine rings is 1. The Kier molecular flexibility index (Phi) is 5.53. The highest BCUT2D eigenvalue weighted by Crippen LogP contribution is 2.33. The molecule has 0 unspecified atom stereocenters. The Morgan fingerprint density at radius 3 is 1.85 bits per heavy atom. The number of nitrogens with zero attached hydrogens (tertiary/aromatic N) is 3. The first-order valence-corrected chi connectivity index (χ1v) is 9.02. The number of rotatable bonds is 2. The molecule has 0 radical (unpaired) electrons. The van der Waals surface area contributed by atoms with Crippen LogP contribution in [-0.4, -0.2) is 79.4 Å². The van der Waals surface area contributed by atoms with Crippen molar-refractivity contribution in [3.8, 4) is 11.5 Å². The van der Waals surface area contributed by atoms with Gasteiger partial charge in [0, 0.05) is 46.2 Å². The largest absolute Gasteiger partial charge is 0.493 e. The van der Waals surface area contributed by atoms with E-state index in [2.05, 4.69) is 0 Å². The first-order valence-electron chi connectivity index (χ1n) is 9.02. The molecule has 8 heteroatoms. The normalized spacial score (nSPS) is 16.6. The van der Waals surface area contributed by atoms with E-state index in [1.165, 1.54) is 11.8 Å². The van der Waals surface area contributed by atoms with Gasteiger partial charge in [-0.25, -0.2) is 0 Å². The minimum absolute atomic E-state index is 0.00885. The summed E-state index contributed by atoms with van der Waals surface area (Å²) in [6, 6.07) is 3.79. The van der Waals surface area contributed by atoms with Crippen LogP contribution in [0.25, 0.3) is 0 Å².